The van der Waals surface area contributed by atoms with E-state index in [9.17, 15) is 8.42 Å². The van der Waals surface area contributed by atoms with Crippen LogP contribution in [-0.4, -0.2) is 15.0 Å². The van der Waals surface area contributed by atoms with Crippen molar-refractivity contribution in [3.8, 4) is 0 Å². The number of rotatable bonds is 5. The first-order valence-electron chi connectivity index (χ1n) is 6.40. The zero-order valence-electron chi connectivity index (χ0n) is 12.0. The van der Waals surface area contributed by atoms with Crippen molar-refractivity contribution in [1.82, 2.24) is 0 Å². The molecular formula is C14H19N3O2S2. The van der Waals surface area contributed by atoms with Crippen LogP contribution in [0, 0.1) is 0 Å². The summed E-state index contributed by atoms with van der Waals surface area (Å²) >= 11 is 1.67. The molecule has 2 aromatic rings. The molecule has 0 saturated carbocycles. The first kappa shape index (κ1) is 15.8. The molecule has 1 aromatic carbocycles. The van der Waals surface area contributed by atoms with Gasteiger partial charge in [-0.25, -0.2) is 13.6 Å². The summed E-state index contributed by atoms with van der Waals surface area (Å²) in [6, 6.07) is 8.72. The molecule has 0 radical (unpaired) electrons. The second kappa shape index (κ2) is 5.67. The number of anilines is 2. The van der Waals surface area contributed by atoms with E-state index in [1.165, 1.54) is 10.9 Å². The van der Waals surface area contributed by atoms with Crippen LogP contribution in [0.4, 0.5) is 11.4 Å². The molecule has 7 heteroatoms. The Kier molecular flexibility index (Phi) is 4.27. The van der Waals surface area contributed by atoms with E-state index in [-0.39, 0.29) is 10.3 Å². The van der Waals surface area contributed by atoms with E-state index in [0.29, 0.717) is 17.9 Å². The van der Waals surface area contributed by atoms with E-state index in [4.69, 9.17) is 10.9 Å². The quantitative estimate of drug-likeness (QED) is 0.735. The van der Waals surface area contributed by atoms with Gasteiger partial charge in [0.15, 0.2) is 0 Å². The fourth-order valence-electron chi connectivity index (χ4n) is 1.99. The minimum atomic E-state index is -3.82. The van der Waals surface area contributed by atoms with Crippen LogP contribution in [0.2, 0.25) is 0 Å². The van der Waals surface area contributed by atoms with Gasteiger partial charge in [0.25, 0.3) is 0 Å². The number of sulfonamides is 1. The number of hydrogen-bond acceptors (Lipinski definition) is 5. The Morgan fingerprint density at radius 2 is 2.00 bits per heavy atom. The standard InChI is InChI=1S/C14H19N3O2S2/c1-14(2,13-4-3-7-20-13)9-17-11-6-5-10(15)8-12(11)21(16,18)19/h3-8,17H,9,15H2,1-2H3,(H2,16,18,19). The second-order valence-electron chi connectivity index (χ2n) is 5.52. The molecule has 1 aromatic heterocycles. The van der Waals surface area contributed by atoms with Crippen LogP contribution in [-0.2, 0) is 15.4 Å². The van der Waals surface area contributed by atoms with Crippen molar-refractivity contribution in [2.24, 2.45) is 5.14 Å². The third kappa shape index (κ3) is 3.75. The molecule has 1 heterocycles. The lowest BCUT2D eigenvalue weighted by Crippen LogP contribution is -2.27. The maximum absolute atomic E-state index is 11.6. The van der Waals surface area contributed by atoms with Gasteiger partial charge in [-0.05, 0) is 29.6 Å². The molecule has 0 amide bonds. The molecule has 0 aliphatic heterocycles. The molecule has 0 unspecified atom stereocenters. The minimum Gasteiger partial charge on any atom is -0.399 e. The van der Waals surface area contributed by atoms with E-state index in [2.05, 4.69) is 25.2 Å². The number of thiophene rings is 1. The van der Waals surface area contributed by atoms with E-state index in [1.807, 2.05) is 11.4 Å². The summed E-state index contributed by atoms with van der Waals surface area (Å²) in [5.41, 5.74) is 6.35. The van der Waals surface area contributed by atoms with Gasteiger partial charge in [0.1, 0.15) is 4.90 Å². The summed E-state index contributed by atoms with van der Waals surface area (Å²) < 4.78 is 23.3. The van der Waals surface area contributed by atoms with Crippen LogP contribution in [0.25, 0.3) is 0 Å². The zero-order valence-corrected chi connectivity index (χ0v) is 13.6. The molecule has 0 spiro atoms. The second-order valence-corrected chi connectivity index (χ2v) is 7.99. The Labute approximate surface area is 129 Å². The number of hydrogen-bond donors (Lipinski definition) is 3. The molecule has 5 nitrogen and oxygen atoms in total. The highest BCUT2D eigenvalue weighted by molar-refractivity contribution is 7.89. The molecule has 0 saturated heterocycles. The monoisotopic (exact) mass is 325 g/mol. The van der Waals surface area contributed by atoms with Crippen molar-refractivity contribution in [2.75, 3.05) is 17.6 Å². The lowest BCUT2D eigenvalue weighted by molar-refractivity contribution is 0.567. The van der Waals surface area contributed by atoms with E-state index in [0.717, 1.165) is 0 Å². The Bertz CT molecular complexity index is 723. The van der Waals surface area contributed by atoms with E-state index in [1.54, 1.807) is 23.5 Å². The fourth-order valence-corrected chi connectivity index (χ4v) is 3.59. The predicted octanol–water partition coefficient (Wildman–Crippen LogP) is 2.37. The van der Waals surface area contributed by atoms with Gasteiger partial charge in [0, 0.05) is 22.5 Å². The molecule has 0 aliphatic rings. The van der Waals surface area contributed by atoms with Gasteiger partial charge in [0.05, 0.1) is 5.69 Å². The Balaban J connectivity index is 2.25. The largest absolute Gasteiger partial charge is 0.399 e. The third-order valence-corrected chi connectivity index (χ3v) is 5.41. The lowest BCUT2D eigenvalue weighted by atomic mass is 9.91. The highest BCUT2D eigenvalue weighted by atomic mass is 32.2. The first-order chi connectivity index (χ1) is 9.70. The van der Waals surface area contributed by atoms with Gasteiger partial charge in [-0.3, -0.25) is 0 Å². The van der Waals surface area contributed by atoms with Crippen molar-refractivity contribution in [1.29, 1.82) is 0 Å². The molecule has 21 heavy (non-hydrogen) atoms. The number of nitrogen functional groups attached to an aromatic ring is 1. The maximum Gasteiger partial charge on any atom is 0.240 e. The SMILES string of the molecule is CC(C)(CNc1ccc(N)cc1S(N)(=O)=O)c1cccs1. The number of benzene rings is 1. The molecule has 2 rings (SSSR count). The van der Waals surface area contributed by atoms with Gasteiger partial charge >= 0.3 is 0 Å². The summed E-state index contributed by atoms with van der Waals surface area (Å²) in [5, 5.41) is 10.4. The van der Waals surface area contributed by atoms with Crippen LogP contribution < -0.4 is 16.2 Å². The zero-order chi connectivity index (χ0) is 15.7. The van der Waals surface area contributed by atoms with E-state index >= 15 is 0 Å². The normalized spacial score (nSPS) is 12.3. The highest BCUT2D eigenvalue weighted by Gasteiger charge is 2.23. The molecule has 0 fully saturated rings. The summed E-state index contributed by atoms with van der Waals surface area (Å²) in [6.07, 6.45) is 0. The van der Waals surface area contributed by atoms with Crippen molar-refractivity contribution in [3.63, 3.8) is 0 Å². The van der Waals surface area contributed by atoms with Crippen LogP contribution in [0.5, 0.6) is 0 Å². The van der Waals surface area contributed by atoms with Crippen molar-refractivity contribution >= 4 is 32.7 Å². The molecular weight excluding hydrogens is 306 g/mol. The first-order valence-corrected chi connectivity index (χ1v) is 8.83. The molecule has 0 bridgehead atoms. The Morgan fingerprint density at radius 1 is 1.29 bits per heavy atom. The number of primary sulfonamides is 1. The summed E-state index contributed by atoms with van der Waals surface area (Å²) in [4.78, 5) is 1.24. The van der Waals surface area contributed by atoms with Crippen LogP contribution >= 0.6 is 11.3 Å². The number of nitrogens with two attached hydrogens (primary N) is 2. The van der Waals surface area contributed by atoms with Crippen LogP contribution in [0.3, 0.4) is 0 Å². The van der Waals surface area contributed by atoms with Gasteiger partial charge in [-0.15, -0.1) is 11.3 Å². The van der Waals surface area contributed by atoms with Crippen molar-refractivity contribution in [3.05, 3.63) is 40.6 Å². The summed E-state index contributed by atoms with van der Waals surface area (Å²) in [5.74, 6) is 0. The Morgan fingerprint density at radius 3 is 2.57 bits per heavy atom. The molecule has 5 N–H and O–H groups in total. The average molecular weight is 325 g/mol. The van der Waals surface area contributed by atoms with Crippen molar-refractivity contribution < 1.29 is 8.42 Å². The van der Waals surface area contributed by atoms with Gasteiger partial charge < -0.3 is 11.1 Å². The van der Waals surface area contributed by atoms with Gasteiger partial charge in [-0.2, -0.15) is 0 Å². The number of nitrogens with one attached hydrogen (secondary N) is 1. The molecule has 0 aliphatic carbocycles. The molecule has 0 atom stereocenters. The van der Waals surface area contributed by atoms with Crippen LogP contribution in [0.15, 0.2) is 40.6 Å². The fraction of sp³-hybridized carbons (Fsp3) is 0.286. The smallest absolute Gasteiger partial charge is 0.240 e. The van der Waals surface area contributed by atoms with Crippen LogP contribution in [0.1, 0.15) is 18.7 Å². The third-order valence-electron chi connectivity index (χ3n) is 3.22. The Hall–Kier alpha value is -1.57. The maximum atomic E-state index is 11.6. The minimum absolute atomic E-state index is 0.0180. The van der Waals surface area contributed by atoms with Gasteiger partial charge in [0.2, 0.25) is 10.0 Å². The van der Waals surface area contributed by atoms with Gasteiger partial charge in [-0.1, -0.05) is 19.9 Å². The van der Waals surface area contributed by atoms with E-state index < -0.39 is 10.0 Å². The highest BCUT2D eigenvalue weighted by Crippen LogP contribution is 2.29. The lowest BCUT2D eigenvalue weighted by Gasteiger charge is -2.25. The average Bonchev–Trinajstić information content (AvgIpc) is 2.91. The summed E-state index contributed by atoms with van der Waals surface area (Å²) in [6.45, 7) is 4.78. The molecule has 114 valence electrons. The van der Waals surface area contributed by atoms with Crippen molar-refractivity contribution in [2.45, 2.75) is 24.2 Å². The predicted molar refractivity (Wildman–Crippen MR) is 88.1 cm³/mol. The topological polar surface area (TPSA) is 98.2 Å². The summed E-state index contributed by atoms with van der Waals surface area (Å²) in [7, 11) is -3.82.